The molecular formula is C25H26Cl2N4O. The molecule has 0 saturated carbocycles. The minimum atomic E-state index is -0.275. The highest BCUT2D eigenvalue weighted by Gasteiger charge is 2.16. The molecule has 3 rings (SSSR count). The van der Waals surface area contributed by atoms with Crippen molar-refractivity contribution in [2.24, 2.45) is 0 Å². The van der Waals surface area contributed by atoms with Gasteiger partial charge in [0.05, 0.1) is 15.6 Å². The lowest BCUT2D eigenvalue weighted by molar-refractivity contribution is 0.0941. The number of hydrogen-bond donors (Lipinski definition) is 1. The molecule has 3 aromatic rings. The molecule has 2 aromatic carbocycles. The third kappa shape index (κ3) is 6.09. The lowest BCUT2D eigenvalue weighted by Gasteiger charge is -2.26. The van der Waals surface area contributed by atoms with Gasteiger partial charge in [0.2, 0.25) is 5.95 Å². The maximum Gasteiger partial charge on any atom is 0.254 e. The summed E-state index contributed by atoms with van der Waals surface area (Å²) in [5.41, 5.74) is 2.40. The van der Waals surface area contributed by atoms with Crippen molar-refractivity contribution in [3.63, 3.8) is 0 Å². The van der Waals surface area contributed by atoms with E-state index in [0.717, 1.165) is 11.3 Å². The minimum absolute atomic E-state index is 0.0722. The smallest absolute Gasteiger partial charge is 0.254 e. The molecule has 0 spiro atoms. The van der Waals surface area contributed by atoms with Gasteiger partial charge < -0.3 is 10.2 Å². The van der Waals surface area contributed by atoms with E-state index in [9.17, 15) is 4.79 Å². The van der Waals surface area contributed by atoms with Gasteiger partial charge in [-0.05, 0) is 63.1 Å². The first-order valence-electron chi connectivity index (χ1n) is 10.4. The van der Waals surface area contributed by atoms with Gasteiger partial charge in [-0.3, -0.25) is 4.79 Å². The number of halogens is 2. The van der Waals surface area contributed by atoms with Crippen LogP contribution in [0.1, 0.15) is 43.1 Å². The van der Waals surface area contributed by atoms with E-state index in [4.69, 9.17) is 23.2 Å². The highest BCUT2D eigenvalue weighted by molar-refractivity contribution is 6.39. The Bertz CT molecular complexity index is 1050. The molecule has 166 valence electrons. The Labute approximate surface area is 199 Å². The monoisotopic (exact) mass is 468 g/mol. The van der Waals surface area contributed by atoms with Crippen LogP contribution in [0.15, 0.2) is 67.0 Å². The summed E-state index contributed by atoms with van der Waals surface area (Å²) < 4.78 is 0. The van der Waals surface area contributed by atoms with Gasteiger partial charge in [-0.15, -0.1) is 0 Å². The van der Waals surface area contributed by atoms with Crippen LogP contribution in [0.4, 0.5) is 11.6 Å². The lowest BCUT2D eigenvalue weighted by Crippen LogP contribution is -2.32. The first-order valence-corrected chi connectivity index (χ1v) is 11.2. The fraction of sp³-hybridized carbons (Fsp3) is 0.240. The molecule has 1 N–H and O–H groups in total. The van der Waals surface area contributed by atoms with E-state index in [1.807, 2.05) is 25.1 Å². The van der Waals surface area contributed by atoms with Gasteiger partial charge >= 0.3 is 0 Å². The van der Waals surface area contributed by atoms with E-state index in [2.05, 4.69) is 58.3 Å². The molecule has 32 heavy (non-hydrogen) atoms. The molecule has 0 unspecified atom stereocenters. The number of hydrogen-bond acceptors (Lipinski definition) is 4. The molecule has 0 aliphatic heterocycles. The predicted molar refractivity (Wildman–Crippen MR) is 133 cm³/mol. The maximum atomic E-state index is 12.5. The van der Waals surface area contributed by atoms with Crippen molar-refractivity contribution in [3.05, 3.63) is 88.2 Å². The molecule has 0 aliphatic carbocycles. The Hall–Kier alpha value is -2.89. The second kappa shape index (κ2) is 11.1. The fourth-order valence-corrected chi connectivity index (χ4v) is 3.85. The van der Waals surface area contributed by atoms with Crippen molar-refractivity contribution in [2.45, 2.75) is 39.3 Å². The van der Waals surface area contributed by atoms with Crippen LogP contribution in [-0.2, 0) is 0 Å². The number of nitrogens with one attached hydrogen (secondary N) is 1. The van der Waals surface area contributed by atoms with Crippen molar-refractivity contribution in [1.29, 1.82) is 0 Å². The average molecular weight is 469 g/mol. The third-order valence-electron chi connectivity index (χ3n) is 4.82. The van der Waals surface area contributed by atoms with Crippen LogP contribution in [0.5, 0.6) is 0 Å². The van der Waals surface area contributed by atoms with Crippen LogP contribution in [-0.4, -0.2) is 28.0 Å². The van der Waals surface area contributed by atoms with Crippen LogP contribution in [0.2, 0.25) is 10.0 Å². The fourth-order valence-electron chi connectivity index (χ4n) is 3.28. The molecule has 1 heterocycles. The summed E-state index contributed by atoms with van der Waals surface area (Å²) in [6.07, 6.45) is 8.23. The summed E-state index contributed by atoms with van der Waals surface area (Å²) in [6, 6.07) is 15.2. The van der Waals surface area contributed by atoms with Crippen LogP contribution in [0.25, 0.3) is 6.08 Å². The first-order chi connectivity index (χ1) is 15.4. The van der Waals surface area contributed by atoms with E-state index >= 15 is 0 Å². The minimum Gasteiger partial charge on any atom is -0.349 e. The van der Waals surface area contributed by atoms with Gasteiger partial charge in [0.1, 0.15) is 0 Å². The zero-order valence-electron chi connectivity index (χ0n) is 18.3. The van der Waals surface area contributed by atoms with Crippen molar-refractivity contribution in [1.82, 2.24) is 15.3 Å². The van der Waals surface area contributed by atoms with Gasteiger partial charge in [0.25, 0.3) is 5.91 Å². The number of benzene rings is 2. The van der Waals surface area contributed by atoms with Crippen molar-refractivity contribution in [3.8, 4) is 0 Å². The van der Waals surface area contributed by atoms with E-state index < -0.39 is 0 Å². The topological polar surface area (TPSA) is 58.1 Å². The molecule has 0 fully saturated rings. The molecule has 0 saturated heterocycles. The van der Waals surface area contributed by atoms with E-state index in [-0.39, 0.29) is 18.0 Å². The van der Waals surface area contributed by atoms with Gasteiger partial charge in [-0.1, -0.05) is 53.6 Å². The second-order valence-corrected chi connectivity index (χ2v) is 8.53. The summed E-state index contributed by atoms with van der Waals surface area (Å²) >= 11 is 12.2. The largest absolute Gasteiger partial charge is 0.349 e. The van der Waals surface area contributed by atoms with Gasteiger partial charge in [-0.25, -0.2) is 9.97 Å². The Morgan fingerprint density at radius 1 is 1.00 bits per heavy atom. The van der Waals surface area contributed by atoms with E-state index in [0.29, 0.717) is 28.0 Å². The quantitative estimate of drug-likeness (QED) is 0.406. The number of nitrogens with zero attached hydrogens (tertiary/aromatic N) is 3. The number of carbonyl (C=O) groups excluding carboxylic acids is 1. The first kappa shape index (κ1) is 23.8. The predicted octanol–water partition coefficient (Wildman–Crippen LogP) is 6.55. The zero-order chi connectivity index (χ0) is 23.1. The van der Waals surface area contributed by atoms with Crippen LogP contribution < -0.4 is 10.2 Å². The van der Waals surface area contributed by atoms with Crippen molar-refractivity contribution >= 4 is 46.8 Å². The Morgan fingerprint density at radius 3 is 2.22 bits per heavy atom. The van der Waals surface area contributed by atoms with Crippen LogP contribution >= 0.6 is 23.2 Å². The average Bonchev–Trinajstić information content (AvgIpc) is 2.75. The molecule has 7 heteroatoms. The summed E-state index contributed by atoms with van der Waals surface area (Å²) in [5, 5.41) is 3.62. The van der Waals surface area contributed by atoms with Gasteiger partial charge in [0, 0.05) is 30.2 Å². The number of rotatable bonds is 8. The summed E-state index contributed by atoms with van der Waals surface area (Å²) in [4.78, 5) is 23.3. The molecular weight excluding hydrogens is 443 g/mol. The Balaban J connectivity index is 1.60. The van der Waals surface area contributed by atoms with Gasteiger partial charge in [0.15, 0.2) is 0 Å². The Morgan fingerprint density at radius 2 is 1.62 bits per heavy atom. The SMILES string of the molecule is CC(C)N(c1ccc(/C=C/C[C@H](C)NC(=O)c2c(Cl)cccc2Cl)cc1)c1ncccn1. The summed E-state index contributed by atoms with van der Waals surface area (Å²) in [7, 11) is 0. The standard InChI is InChI=1S/C25H26Cl2N4O/c1-17(2)31(25-28-15-6-16-29-25)20-13-11-19(12-14-20)8-4-7-18(3)30-24(32)23-21(26)9-5-10-22(23)27/h4-6,8-18H,7H2,1-3H3,(H,30,32)/b8-4+/t18-/m0/s1. The highest BCUT2D eigenvalue weighted by atomic mass is 35.5. The van der Waals surface area contributed by atoms with E-state index in [1.165, 1.54) is 0 Å². The van der Waals surface area contributed by atoms with Crippen LogP contribution in [0, 0.1) is 0 Å². The normalized spacial score (nSPS) is 12.2. The highest BCUT2D eigenvalue weighted by Crippen LogP contribution is 2.26. The van der Waals surface area contributed by atoms with Crippen molar-refractivity contribution < 1.29 is 4.79 Å². The zero-order valence-corrected chi connectivity index (χ0v) is 19.8. The molecule has 1 amide bonds. The molecule has 1 aromatic heterocycles. The lowest BCUT2D eigenvalue weighted by atomic mass is 10.1. The maximum absolute atomic E-state index is 12.5. The third-order valence-corrected chi connectivity index (χ3v) is 5.45. The number of anilines is 2. The number of aromatic nitrogens is 2. The van der Waals surface area contributed by atoms with E-state index in [1.54, 1.807) is 30.6 Å². The summed E-state index contributed by atoms with van der Waals surface area (Å²) in [5.74, 6) is 0.400. The molecule has 0 aliphatic rings. The number of amides is 1. The summed E-state index contributed by atoms with van der Waals surface area (Å²) in [6.45, 7) is 6.15. The van der Waals surface area contributed by atoms with Crippen LogP contribution in [0.3, 0.4) is 0 Å². The van der Waals surface area contributed by atoms with Gasteiger partial charge in [-0.2, -0.15) is 0 Å². The molecule has 0 bridgehead atoms. The Kier molecular flexibility index (Phi) is 8.26. The van der Waals surface area contributed by atoms with Crippen molar-refractivity contribution in [2.75, 3.05) is 4.90 Å². The number of carbonyl (C=O) groups is 1. The molecule has 1 atom stereocenters. The second-order valence-electron chi connectivity index (χ2n) is 7.71. The molecule has 0 radical (unpaired) electrons. The molecule has 5 nitrogen and oxygen atoms in total.